The van der Waals surface area contributed by atoms with Crippen LogP contribution in [0.1, 0.15) is 17.0 Å². The summed E-state index contributed by atoms with van der Waals surface area (Å²) in [6.07, 6.45) is 5.67. The van der Waals surface area contributed by atoms with Crippen LogP contribution in [0.25, 0.3) is 11.5 Å². The molecule has 0 aliphatic rings. The lowest BCUT2D eigenvalue weighted by Crippen LogP contribution is -2.17. The van der Waals surface area contributed by atoms with Crippen LogP contribution in [0.5, 0.6) is 0 Å². The number of aromatic nitrogens is 5. The molecular weight excluding hydrogens is 340 g/mol. The molecule has 0 aliphatic heterocycles. The molecule has 0 spiro atoms. The van der Waals surface area contributed by atoms with Gasteiger partial charge in [-0.25, -0.2) is 0 Å². The molecule has 4 rings (SSSR count). The van der Waals surface area contributed by atoms with E-state index in [9.17, 15) is 0 Å². The van der Waals surface area contributed by atoms with Gasteiger partial charge in [-0.1, -0.05) is 41.6 Å². The third-order valence-corrected chi connectivity index (χ3v) is 4.09. The van der Waals surface area contributed by atoms with Gasteiger partial charge in [0.15, 0.2) is 0 Å². The van der Waals surface area contributed by atoms with E-state index in [0.717, 1.165) is 18.7 Å². The lowest BCUT2D eigenvalue weighted by atomic mass is 10.2. The van der Waals surface area contributed by atoms with Crippen molar-refractivity contribution in [2.24, 2.45) is 0 Å². The maximum atomic E-state index is 5.35. The molecule has 7 nitrogen and oxygen atoms in total. The monoisotopic (exact) mass is 360 g/mol. The maximum absolute atomic E-state index is 5.35. The second kappa shape index (κ2) is 7.92. The van der Waals surface area contributed by atoms with Gasteiger partial charge in [0.1, 0.15) is 5.69 Å². The summed E-state index contributed by atoms with van der Waals surface area (Å²) >= 11 is 0. The number of rotatable bonds is 7. The van der Waals surface area contributed by atoms with E-state index in [1.165, 1.54) is 5.56 Å². The van der Waals surface area contributed by atoms with Gasteiger partial charge < -0.3 is 4.52 Å². The summed E-state index contributed by atoms with van der Waals surface area (Å²) in [7, 11) is 2.01. The minimum absolute atomic E-state index is 0.509. The van der Waals surface area contributed by atoms with Gasteiger partial charge in [0.05, 0.1) is 19.3 Å². The van der Waals surface area contributed by atoms with Gasteiger partial charge in [-0.2, -0.15) is 10.1 Å². The molecule has 0 aliphatic carbocycles. The SMILES string of the molecule is CN(Cc1cnn(Cc2ccccc2)c1)Cc1nc(-c2ccccn2)no1. The third-order valence-electron chi connectivity index (χ3n) is 4.09. The molecule has 0 saturated carbocycles. The Bertz CT molecular complexity index is 980. The average molecular weight is 360 g/mol. The molecule has 3 aromatic heterocycles. The Hall–Kier alpha value is -3.32. The highest BCUT2D eigenvalue weighted by Crippen LogP contribution is 2.13. The maximum Gasteiger partial charge on any atom is 0.241 e. The zero-order valence-electron chi connectivity index (χ0n) is 15.1. The van der Waals surface area contributed by atoms with Crippen LogP contribution in [0.2, 0.25) is 0 Å². The van der Waals surface area contributed by atoms with E-state index in [2.05, 4.69) is 43.5 Å². The topological polar surface area (TPSA) is 72.9 Å². The highest BCUT2D eigenvalue weighted by atomic mass is 16.5. The van der Waals surface area contributed by atoms with Crippen molar-refractivity contribution in [3.63, 3.8) is 0 Å². The van der Waals surface area contributed by atoms with Gasteiger partial charge in [-0.3, -0.25) is 14.6 Å². The first-order chi connectivity index (χ1) is 13.3. The molecule has 4 aromatic rings. The molecule has 0 N–H and O–H groups in total. The van der Waals surface area contributed by atoms with Gasteiger partial charge in [0.2, 0.25) is 11.7 Å². The first kappa shape index (κ1) is 17.1. The first-order valence-electron chi connectivity index (χ1n) is 8.74. The van der Waals surface area contributed by atoms with Crippen LogP contribution in [0, 0.1) is 0 Å². The summed E-state index contributed by atoms with van der Waals surface area (Å²) in [5.41, 5.74) is 3.07. The van der Waals surface area contributed by atoms with Crippen LogP contribution in [-0.4, -0.2) is 36.9 Å². The van der Waals surface area contributed by atoms with Crippen molar-refractivity contribution in [3.8, 4) is 11.5 Å². The summed E-state index contributed by atoms with van der Waals surface area (Å²) in [6.45, 7) is 2.07. The average Bonchev–Trinajstić information content (AvgIpc) is 3.33. The quantitative estimate of drug-likeness (QED) is 0.504. The molecule has 7 heteroatoms. The lowest BCUT2D eigenvalue weighted by Gasteiger charge is -2.12. The molecule has 27 heavy (non-hydrogen) atoms. The largest absolute Gasteiger partial charge is 0.337 e. The molecule has 0 amide bonds. The Balaban J connectivity index is 1.35. The molecular formula is C20H20N6O. The van der Waals surface area contributed by atoms with Crippen LogP contribution >= 0.6 is 0 Å². The van der Waals surface area contributed by atoms with Gasteiger partial charge >= 0.3 is 0 Å². The summed E-state index contributed by atoms with van der Waals surface area (Å²) in [4.78, 5) is 10.8. The molecule has 3 heterocycles. The van der Waals surface area contributed by atoms with E-state index < -0.39 is 0 Å². The Morgan fingerprint density at radius 3 is 2.67 bits per heavy atom. The standard InChI is InChI=1S/C20H20N6O/c1-25(15-19-23-20(24-27-19)18-9-5-6-10-21-18)12-17-11-22-26(14-17)13-16-7-3-2-4-8-16/h2-11,14H,12-13,15H2,1H3. The highest BCUT2D eigenvalue weighted by molar-refractivity contribution is 5.46. The number of benzene rings is 1. The van der Waals surface area contributed by atoms with Crippen LogP contribution in [0.3, 0.4) is 0 Å². The second-order valence-corrected chi connectivity index (χ2v) is 6.43. The first-order valence-corrected chi connectivity index (χ1v) is 8.74. The molecule has 0 unspecified atom stereocenters. The lowest BCUT2D eigenvalue weighted by molar-refractivity contribution is 0.261. The van der Waals surface area contributed by atoms with Crippen molar-refractivity contribution in [2.45, 2.75) is 19.6 Å². The predicted molar refractivity (Wildman–Crippen MR) is 100 cm³/mol. The van der Waals surface area contributed by atoms with Crippen LogP contribution < -0.4 is 0 Å². The molecule has 1 aromatic carbocycles. The number of hydrogen-bond donors (Lipinski definition) is 0. The van der Waals surface area contributed by atoms with Gasteiger partial charge in [-0.05, 0) is 24.7 Å². The summed E-state index contributed by atoms with van der Waals surface area (Å²) in [5.74, 6) is 1.07. The molecule has 0 bridgehead atoms. The zero-order chi connectivity index (χ0) is 18.5. The molecule has 0 saturated heterocycles. The fourth-order valence-electron chi connectivity index (χ4n) is 2.86. The summed E-state index contributed by atoms with van der Waals surface area (Å²) in [5, 5.41) is 8.45. The molecule has 0 atom stereocenters. The van der Waals surface area contributed by atoms with E-state index in [1.807, 2.05) is 54.3 Å². The highest BCUT2D eigenvalue weighted by Gasteiger charge is 2.12. The van der Waals surface area contributed by atoms with Crippen molar-refractivity contribution < 1.29 is 4.52 Å². The summed E-state index contributed by atoms with van der Waals surface area (Å²) in [6, 6.07) is 15.9. The Morgan fingerprint density at radius 2 is 1.85 bits per heavy atom. The van der Waals surface area contributed by atoms with Crippen molar-refractivity contribution >= 4 is 0 Å². The Morgan fingerprint density at radius 1 is 1.00 bits per heavy atom. The number of nitrogens with zero attached hydrogens (tertiary/aromatic N) is 6. The van der Waals surface area contributed by atoms with Crippen LogP contribution in [-0.2, 0) is 19.6 Å². The van der Waals surface area contributed by atoms with Gasteiger partial charge in [-0.15, -0.1) is 0 Å². The fraction of sp³-hybridized carbons (Fsp3) is 0.200. The van der Waals surface area contributed by atoms with Crippen LogP contribution in [0.4, 0.5) is 0 Å². The third kappa shape index (κ3) is 4.45. The zero-order valence-corrected chi connectivity index (χ0v) is 15.1. The summed E-state index contributed by atoms with van der Waals surface area (Å²) < 4.78 is 7.30. The van der Waals surface area contributed by atoms with Gasteiger partial charge in [0.25, 0.3) is 0 Å². The molecule has 0 radical (unpaired) electrons. The number of pyridine rings is 1. The van der Waals surface area contributed by atoms with E-state index >= 15 is 0 Å². The fourth-order valence-corrected chi connectivity index (χ4v) is 2.86. The minimum atomic E-state index is 0.509. The predicted octanol–water partition coefficient (Wildman–Crippen LogP) is 3.01. The van der Waals surface area contributed by atoms with E-state index in [1.54, 1.807) is 6.20 Å². The van der Waals surface area contributed by atoms with Crippen molar-refractivity contribution in [1.82, 2.24) is 29.8 Å². The second-order valence-electron chi connectivity index (χ2n) is 6.43. The normalized spacial score (nSPS) is 11.2. The Kier molecular flexibility index (Phi) is 5.02. The van der Waals surface area contributed by atoms with E-state index in [4.69, 9.17) is 4.52 Å². The van der Waals surface area contributed by atoms with E-state index in [0.29, 0.717) is 24.0 Å². The van der Waals surface area contributed by atoms with Crippen molar-refractivity contribution in [3.05, 3.63) is 84.1 Å². The molecule has 136 valence electrons. The van der Waals surface area contributed by atoms with E-state index in [-0.39, 0.29) is 0 Å². The van der Waals surface area contributed by atoms with Crippen molar-refractivity contribution in [1.29, 1.82) is 0 Å². The smallest absolute Gasteiger partial charge is 0.241 e. The van der Waals surface area contributed by atoms with Gasteiger partial charge in [0, 0.05) is 24.5 Å². The number of hydrogen-bond acceptors (Lipinski definition) is 6. The van der Waals surface area contributed by atoms with Crippen LogP contribution in [0.15, 0.2) is 71.6 Å². The van der Waals surface area contributed by atoms with Crippen molar-refractivity contribution in [2.75, 3.05) is 7.05 Å². The Labute approximate surface area is 157 Å². The molecule has 0 fully saturated rings. The minimum Gasteiger partial charge on any atom is -0.337 e.